The molecule has 0 saturated heterocycles. The number of hydrogen-bond acceptors (Lipinski definition) is 2. The van der Waals surface area contributed by atoms with Crippen LogP contribution >= 0.6 is 0 Å². The van der Waals surface area contributed by atoms with Gasteiger partial charge in [-0.05, 0) is 31.9 Å². The largest absolute Gasteiger partial charge is 0.501 e. The van der Waals surface area contributed by atoms with E-state index in [-0.39, 0.29) is 6.61 Å². The smallest absolute Gasteiger partial charge is 0.0970 e. The lowest BCUT2D eigenvalue weighted by Crippen LogP contribution is -2.19. The van der Waals surface area contributed by atoms with Crippen LogP contribution in [0.25, 0.3) is 0 Å². The molecule has 0 aliphatic heterocycles. The monoisotopic (exact) mass is 308 g/mol. The molecule has 0 unspecified atom stereocenters. The van der Waals surface area contributed by atoms with Gasteiger partial charge in [0.15, 0.2) is 0 Å². The molecule has 0 amide bonds. The number of aliphatic hydroxyl groups is 1. The number of ether oxygens (including phenoxy) is 1. The van der Waals surface area contributed by atoms with Gasteiger partial charge in [0.05, 0.1) is 19.5 Å². The van der Waals surface area contributed by atoms with Crippen molar-refractivity contribution < 1.29 is 9.84 Å². The van der Waals surface area contributed by atoms with Crippen molar-refractivity contribution in [3.63, 3.8) is 0 Å². The van der Waals surface area contributed by atoms with Gasteiger partial charge in [-0.15, -0.1) is 0 Å². The summed E-state index contributed by atoms with van der Waals surface area (Å²) in [6, 6.07) is 1.22. The fourth-order valence-electron chi connectivity index (χ4n) is 2.02. The van der Waals surface area contributed by atoms with E-state index in [9.17, 15) is 0 Å². The van der Waals surface area contributed by atoms with Gasteiger partial charge in [0, 0.05) is 14.5 Å². The van der Waals surface area contributed by atoms with Crippen molar-refractivity contribution in [2.45, 2.75) is 52.4 Å². The molecular weight excluding hydrogens is 276 g/mol. The highest BCUT2D eigenvalue weighted by Crippen LogP contribution is 2.17. The van der Waals surface area contributed by atoms with E-state index in [1.54, 1.807) is 7.11 Å². The zero-order valence-corrected chi connectivity index (χ0v) is 15.6. The minimum Gasteiger partial charge on any atom is -0.501 e. The van der Waals surface area contributed by atoms with Crippen LogP contribution in [0.15, 0.2) is 47.3 Å². The third-order valence-electron chi connectivity index (χ3n) is 3.16. The summed E-state index contributed by atoms with van der Waals surface area (Å²) in [6.45, 7) is 11.2. The van der Waals surface area contributed by atoms with E-state index >= 15 is 0 Å². The van der Waals surface area contributed by atoms with Crippen LogP contribution < -0.4 is 0 Å². The molecule has 2 nitrogen and oxygen atoms in total. The molecule has 0 saturated carbocycles. The summed E-state index contributed by atoms with van der Waals surface area (Å²) in [5.41, 5.74) is 2.33. The Morgan fingerprint density at radius 3 is 2.33 bits per heavy atom. The van der Waals surface area contributed by atoms with Crippen molar-refractivity contribution in [2.75, 3.05) is 13.7 Å². The van der Waals surface area contributed by atoms with Crippen molar-refractivity contribution in [2.24, 2.45) is 0 Å². The standard InChI is InChI=1S/C18H32O2Si/c1-7-17(15-21(4,5)6)12-10-8-9-11-13-18(20-3)16(2)14-19/h7-10,12,19H,11,13-15H2,1-6H3/b9-8+,12-10+,17-7-,18-16+. The van der Waals surface area contributed by atoms with Gasteiger partial charge >= 0.3 is 0 Å². The Morgan fingerprint density at radius 2 is 1.86 bits per heavy atom. The lowest BCUT2D eigenvalue weighted by atomic mass is 10.1. The summed E-state index contributed by atoms with van der Waals surface area (Å²) in [7, 11) is 0.616. The molecular formula is C18H32O2Si. The van der Waals surface area contributed by atoms with Crippen molar-refractivity contribution in [1.29, 1.82) is 0 Å². The number of aliphatic hydroxyl groups excluding tert-OH is 1. The van der Waals surface area contributed by atoms with Crippen LogP contribution in [-0.4, -0.2) is 26.9 Å². The molecule has 0 spiro atoms. The third kappa shape index (κ3) is 10.3. The summed E-state index contributed by atoms with van der Waals surface area (Å²) >= 11 is 0. The Balaban J connectivity index is 4.31. The Bertz CT molecular complexity index is 409. The maximum atomic E-state index is 9.09. The second-order valence-electron chi connectivity index (χ2n) is 6.49. The third-order valence-corrected chi connectivity index (χ3v) is 4.63. The number of hydrogen-bond donors (Lipinski definition) is 1. The molecule has 0 radical (unpaired) electrons. The number of allylic oxidation sites excluding steroid dienone is 7. The lowest BCUT2D eigenvalue weighted by molar-refractivity contribution is 0.257. The maximum Gasteiger partial charge on any atom is 0.0970 e. The molecule has 120 valence electrons. The first-order valence-corrected chi connectivity index (χ1v) is 11.4. The summed E-state index contributed by atoms with van der Waals surface area (Å²) in [4.78, 5) is 0. The van der Waals surface area contributed by atoms with Crippen molar-refractivity contribution in [3.8, 4) is 0 Å². The van der Waals surface area contributed by atoms with Crippen LogP contribution in [-0.2, 0) is 4.74 Å². The van der Waals surface area contributed by atoms with Crippen LogP contribution in [0, 0.1) is 0 Å². The zero-order chi connectivity index (χ0) is 16.3. The van der Waals surface area contributed by atoms with E-state index in [2.05, 4.69) is 56.9 Å². The molecule has 0 aliphatic carbocycles. The summed E-state index contributed by atoms with van der Waals surface area (Å²) < 4.78 is 5.28. The minimum absolute atomic E-state index is 0.0636. The van der Waals surface area contributed by atoms with Gasteiger partial charge in [0.2, 0.25) is 0 Å². The van der Waals surface area contributed by atoms with Crippen LogP contribution in [0.4, 0.5) is 0 Å². The van der Waals surface area contributed by atoms with Crippen LogP contribution in [0.3, 0.4) is 0 Å². The molecule has 0 fully saturated rings. The first-order valence-electron chi connectivity index (χ1n) is 7.66. The molecule has 0 rings (SSSR count). The second kappa shape index (κ2) is 10.6. The Kier molecular flexibility index (Phi) is 10.1. The predicted octanol–water partition coefficient (Wildman–Crippen LogP) is 5.08. The zero-order valence-electron chi connectivity index (χ0n) is 14.6. The van der Waals surface area contributed by atoms with Crippen molar-refractivity contribution in [1.82, 2.24) is 0 Å². The van der Waals surface area contributed by atoms with E-state index < -0.39 is 8.07 Å². The molecule has 1 N–H and O–H groups in total. The van der Waals surface area contributed by atoms with E-state index in [4.69, 9.17) is 9.84 Å². The molecule has 0 aliphatic rings. The van der Waals surface area contributed by atoms with Crippen molar-refractivity contribution >= 4 is 8.07 Å². The summed E-state index contributed by atoms with van der Waals surface area (Å²) in [5, 5.41) is 9.09. The molecule has 0 heterocycles. The van der Waals surface area contributed by atoms with E-state index in [1.807, 2.05) is 6.92 Å². The van der Waals surface area contributed by atoms with Crippen LogP contribution in [0.5, 0.6) is 0 Å². The van der Waals surface area contributed by atoms with Gasteiger partial charge in [-0.25, -0.2) is 0 Å². The van der Waals surface area contributed by atoms with E-state index in [0.29, 0.717) is 0 Å². The average molecular weight is 309 g/mol. The highest BCUT2D eigenvalue weighted by molar-refractivity contribution is 6.76. The molecule has 0 aromatic rings. The molecule has 3 heteroatoms. The van der Waals surface area contributed by atoms with Crippen molar-refractivity contribution in [3.05, 3.63) is 47.3 Å². The maximum absolute atomic E-state index is 9.09. The normalized spacial score (nSPS) is 14.9. The van der Waals surface area contributed by atoms with Gasteiger partial charge in [0.25, 0.3) is 0 Å². The lowest BCUT2D eigenvalue weighted by Gasteiger charge is -2.15. The highest BCUT2D eigenvalue weighted by atomic mass is 28.3. The average Bonchev–Trinajstić information content (AvgIpc) is 2.43. The highest BCUT2D eigenvalue weighted by Gasteiger charge is 2.13. The van der Waals surface area contributed by atoms with Crippen LogP contribution in [0.2, 0.25) is 25.7 Å². The number of methoxy groups -OCH3 is 1. The second-order valence-corrected chi connectivity index (χ2v) is 12.0. The van der Waals surface area contributed by atoms with Gasteiger partial charge in [-0.1, -0.05) is 55.6 Å². The summed E-state index contributed by atoms with van der Waals surface area (Å²) in [6.07, 6.45) is 12.5. The van der Waals surface area contributed by atoms with Gasteiger partial charge < -0.3 is 9.84 Å². The first kappa shape index (κ1) is 19.9. The van der Waals surface area contributed by atoms with Gasteiger partial charge in [-0.3, -0.25) is 0 Å². The van der Waals surface area contributed by atoms with Gasteiger partial charge in [0.1, 0.15) is 0 Å². The Labute approximate surface area is 131 Å². The molecule has 21 heavy (non-hydrogen) atoms. The number of rotatable bonds is 9. The predicted molar refractivity (Wildman–Crippen MR) is 96.2 cm³/mol. The Hall–Kier alpha value is -1.06. The summed E-state index contributed by atoms with van der Waals surface area (Å²) in [5.74, 6) is 0.888. The SMILES string of the molecule is C/C=C(/C=C/C=C/CC/C(OC)=C(/C)CO)C[Si](C)(C)C. The fourth-order valence-corrected chi connectivity index (χ4v) is 3.56. The Morgan fingerprint density at radius 1 is 1.19 bits per heavy atom. The topological polar surface area (TPSA) is 29.5 Å². The van der Waals surface area contributed by atoms with Gasteiger partial charge in [-0.2, -0.15) is 0 Å². The fraction of sp³-hybridized carbons (Fsp3) is 0.556. The quantitative estimate of drug-likeness (QED) is 0.366. The first-order chi connectivity index (χ1) is 9.84. The minimum atomic E-state index is -1.04. The van der Waals surface area contributed by atoms with E-state index in [1.165, 1.54) is 11.6 Å². The molecule has 0 aromatic heterocycles. The molecule has 0 bridgehead atoms. The van der Waals surface area contributed by atoms with Crippen LogP contribution in [0.1, 0.15) is 26.7 Å². The molecule has 0 aromatic carbocycles. The molecule has 0 atom stereocenters. The van der Waals surface area contributed by atoms with E-state index in [0.717, 1.165) is 24.2 Å².